The van der Waals surface area contributed by atoms with Crippen LogP contribution in [0.3, 0.4) is 0 Å². The summed E-state index contributed by atoms with van der Waals surface area (Å²) in [5.74, 6) is -12.2. The molecule has 2 nitrogen and oxygen atoms in total. The van der Waals surface area contributed by atoms with Crippen LogP contribution in [0.2, 0.25) is 0 Å². The third-order valence-electron chi connectivity index (χ3n) is 2.26. The zero-order valence-electron chi connectivity index (χ0n) is 9.67. The molecule has 8 heteroatoms. The van der Waals surface area contributed by atoms with Gasteiger partial charge in [0.1, 0.15) is 5.56 Å². The average Bonchev–Trinajstić information content (AvgIpc) is 2.34. The van der Waals surface area contributed by atoms with Gasteiger partial charge in [-0.15, -0.1) is 0 Å². The van der Waals surface area contributed by atoms with Gasteiger partial charge in [0.2, 0.25) is 5.82 Å². The van der Waals surface area contributed by atoms with Crippen LogP contribution in [0.1, 0.15) is 23.7 Å². The minimum absolute atomic E-state index is 0.0317. The van der Waals surface area contributed by atoms with Crippen molar-refractivity contribution in [3.8, 4) is 0 Å². The molecule has 0 bridgehead atoms. The van der Waals surface area contributed by atoms with Crippen LogP contribution in [0.25, 0.3) is 0 Å². The minimum Gasteiger partial charge on any atom is -0.352 e. The van der Waals surface area contributed by atoms with Crippen LogP contribution in [0.15, 0.2) is 0 Å². The Labute approximate surface area is 114 Å². The van der Waals surface area contributed by atoms with Crippen LogP contribution >= 0.6 is 15.9 Å². The Kier molecular flexibility index (Phi) is 5.28. The Morgan fingerprint density at radius 3 is 1.89 bits per heavy atom. The molecule has 1 N–H and O–H groups in total. The molecule has 0 heterocycles. The van der Waals surface area contributed by atoms with E-state index in [0.717, 1.165) is 0 Å². The monoisotopic (exact) mass is 345 g/mol. The Hall–Kier alpha value is -1.18. The van der Waals surface area contributed by atoms with E-state index in [-0.39, 0.29) is 11.4 Å². The number of hydrogen-bond donors (Lipinski definition) is 1. The number of carbonyl (C=O) groups excluding carboxylic acids is 1. The summed E-state index contributed by atoms with van der Waals surface area (Å²) in [7, 11) is 0. The predicted molar refractivity (Wildman–Crippen MR) is 61.6 cm³/mol. The molecule has 0 aliphatic heterocycles. The summed E-state index contributed by atoms with van der Waals surface area (Å²) in [4.78, 5) is 11.5. The van der Waals surface area contributed by atoms with Crippen LogP contribution in [0.4, 0.5) is 22.0 Å². The molecule has 0 aliphatic rings. The second-order valence-electron chi connectivity index (χ2n) is 3.77. The van der Waals surface area contributed by atoms with Crippen LogP contribution in [0, 0.1) is 29.1 Å². The van der Waals surface area contributed by atoms with Gasteiger partial charge in [-0.2, -0.15) is 0 Å². The van der Waals surface area contributed by atoms with Crippen molar-refractivity contribution in [3.63, 3.8) is 0 Å². The number of nitrogens with one attached hydrogen (secondary N) is 1. The molecule has 106 valence electrons. The maximum Gasteiger partial charge on any atom is 0.257 e. The maximum absolute atomic E-state index is 13.2. The molecular formula is C11H9BrF5NO. The summed E-state index contributed by atoms with van der Waals surface area (Å²) in [6, 6.07) is 0. The third kappa shape index (κ3) is 3.43. The summed E-state index contributed by atoms with van der Waals surface area (Å²) in [6.07, 6.45) is 0.432. The van der Waals surface area contributed by atoms with E-state index in [0.29, 0.717) is 6.42 Å². The summed E-state index contributed by atoms with van der Waals surface area (Å²) in [5, 5.41) is 2.08. The van der Waals surface area contributed by atoms with E-state index in [2.05, 4.69) is 21.2 Å². The Balaban J connectivity index is 3.04. The van der Waals surface area contributed by atoms with Crippen molar-refractivity contribution in [2.45, 2.75) is 18.2 Å². The Morgan fingerprint density at radius 2 is 1.47 bits per heavy atom. The molecule has 1 amide bonds. The van der Waals surface area contributed by atoms with Crippen molar-refractivity contribution in [2.24, 2.45) is 0 Å². The number of alkyl halides is 1. The number of rotatable bonds is 4. The van der Waals surface area contributed by atoms with Gasteiger partial charge in [-0.05, 0) is 6.42 Å². The largest absolute Gasteiger partial charge is 0.352 e. The highest BCUT2D eigenvalue weighted by Gasteiger charge is 2.29. The second kappa shape index (κ2) is 6.31. The van der Waals surface area contributed by atoms with E-state index in [4.69, 9.17) is 0 Å². The second-order valence-corrected chi connectivity index (χ2v) is 5.33. The number of hydrogen-bond acceptors (Lipinski definition) is 1. The molecule has 0 radical (unpaired) electrons. The number of benzene rings is 1. The van der Waals surface area contributed by atoms with Crippen LogP contribution < -0.4 is 5.32 Å². The zero-order valence-corrected chi connectivity index (χ0v) is 11.3. The van der Waals surface area contributed by atoms with E-state index < -0.39 is 40.6 Å². The molecule has 1 atom stereocenters. The highest BCUT2D eigenvalue weighted by atomic mass is 79.9. The predicted octanol–water partition coefficient (Wildman–Crippen LogP) is 3.29. The molecule has 0 spiro atoms. The first-order valence-electron chi connectivity index (χ1n) is 5.21. The van der Waals surface area contributed by atoms with E-state index >= 15 is 0 Å². The van der Waals surface area contributed by atoms with Gasteiger partial charge in [-0.25, -0.2) is 22.0 Å². The van der Waals surface area contributed by atoms with Crippen LogP contribution in [-0.4, -0.2) is 17.3 Å². The molecular weight excluding hydrogens is 337 g/mol. The third-order valence-corrected chi connectivity index (χ3v) is 2.72. The molecule has 1 aromatic rings. The van der Waals surface area contributed by atoms with Crippen LogP contribution in [0.5, 0.6) is 0 Å². The standard InChI is InChI=1S/C11H9BrF5NO/c1-4(12)2-3-18-11(19)5-6(13)8(15)10(17)9(16)7(5)14/h4H,2-3H2,1H3,(H,18,19). The van der Waals surface area contributed by atoms with E-state index in [1.165, 1.54) is 0 Å². The molecule has 0 aromatic heterocycles. The fraction of sp³-hybridized carbons (Fsp3) is 0.364. The van der Waals surface area contributed by atoms with Gasteiger partial charge in [0.25, 0.3) is 5.91 Å². The summed E-state index contributed by atoms with van der Waals surface area (Å²) >= 11 is 3.17. The van der Waals surface area contributed by atoms with Crippen molar-refractivity contribution in [3.05, 3.63) is 34.6 Å². The van der Waals surface area contributed by atoms with Crippen molar-refractivity contribution < 1.29 is 26.7 Å². The first kappa shape index (κ1) is 15.9. The summed E-state index contributed by atoms with van der Waals surface area (Å²) < 4.78 is 65.0. The quantitative estimate of drug-likeness (QED) is 0.386. The van der Waals surface area contributed by atoms with Crippen LogP contribution in [-0.2, 0) is 0 Å². The highest BCUT2D eigenvalue weighted by Crippen LogP contribution is 2.22. The lowest BCUT2D eigenvalue weighted by Crippen LogP contribution is -2.28. The van der Waals surface area contributed by atoms with Gasteiger partial charge < -0.3 is 5.32 Å². The van der Waals surface area contributed by atoms with Gasteiger partial charge in [-0.3, -0.25) is 4.79 Å². The summed E-state index contributed by atoms with van der Waals surface area (Å²) in [5.41, 5.74) is -1.47. The lowest BCUT2D eigenvalue weighted by Gasteiger charge is -2.09. The number of carbonyl (C=O) groups is 1. The fourth-order valence-electron chi connectivity index (χ4n) is 1.28. The maximum atomic E-state index is 13.2. The first-order chi connectivity index (χ1) is 8.77. The number of amides is 1. The van der Waals surface area contributed by atoms with Gasteiger partial charge >= 0.3 is 0 Å². The molecule has 0 saturated carbocycles. The number of halogens is 6. The zero-order chi connectivity index (χ0) is 14.7. The van der Waals surface area contributed by atoms with E-state index in [1.807, 2.05) is 0 Å². The molecule has 0 fully saturated rings. The normalized spacial score (nSPS) is 12.4. The van der Waals surface area contributed by atoms with Gasteiger partial charge in [0.15, 0.2) is 23.3 Å². The van der Waals surface area contributed by atoms with Crippen molar-refractivity contribution in [1.29, 1.82) is 0 Å². The lowest BCUT2D eigenvalue weighted by molar-refractivity contribution is 0.0941. The van der Waals surface area contributed by atoms with Crippen molar-refractivity contribution >= 4 is 21.8 Å². The SMILES string of the molecule is CC(Br)CCNC(=O)c1c(F)c(F)c(F)c(F)c1F. The lowest BCUT2D eigenvalue weighted by atomic mass is 10.1. The van der Waals surface area contributed by atoms with Crippen molar-refractivity contribution in [2.75, 3.05) is 6.54 Å². The van der Waals surface area contributed by atoms with E-state index in [1.54, 1.807) is 6.92 Å². The fourth-order valence-corrected chi connectivity index (χ4v) is 1.51. The highest BCUT2D eigenvalue weighted by molar-refractivity contribution is 9.09. The van der Waals surface area contributed by atoms with Gasteiger partial charge in [-0.1, -0.05) is 22.9 Å². The first-order valence-corrected chi connectivity index (χ1v) is 6.12. The van der Waals surface area contributed by atoms with Gasteiger partial charge in [0.05, 0.1) is 0 Å². The molecule has 19 heavy (non-hydrogen) atoms. The van der Waals surface area contributed by atoms with E-state index in [9.17, 15) is 26.7 Å². The molecule has 1 rings (SSSR count). The molecule has 0 saturated heterocycles. The Morgan fingerprint density at radius 1 is 1.05 bits per heavy atom. The summed E-state index contributed by atoms with van der Waals surface area (Å²) in [6.45, 7) is 1.80. The molecule has 0 aliphatic carbocycles. The smallest absolute Gasteiger partial charge is 0.257 e. The van der Waals surface area contributed by atoms with Gasteiger partial charge in [0, 0.05) is 11.4 Å². The van der Waals surface area contributed by atoms with Crippen molar-refractivity contribution in [1.82, 2.24) is 5.32 Å². The average molecular weight is 346 g/mol. The molecule has 1 aromatic carbocycles. The Bertz CT molecular complexity index is 477. The minimum atomic E-state index is -2.29. The molecule has 1 unspecified atom stereocenters. The topological polar surface area (TPSA) is 29.1 Å².